The quantitative estimate of drug-likeness (QED) is 0.843. The summed E-state index contributed by atoms with van der Waals surface area (Å²) in [6.45, 7) is 5.25. The Kier molecular flexibility index (Phi) is 6.13. The second kappa shape index (κ2) is 8.54. The molecule has 0 spiro atoms. The van der Waals surface area contributed by atoms with E-state index in [1.807, 2.05) is 29.2 Å². The molecule has 2 aromatic rings. The fourth-order valence-electron chi connectivity index (χ4n) is 3.10. The van der Waals surface area contributed by atoms with E-state index in [2.05, 4.69) is 22.2 Å². The Balaban J connectivity index is 1.52. The lowest BCUT2D eigenvalue weighted by Crippen LogP contribution is -2.49. The molecule has 27 heavy (non-hydrogen) atoms. The average molecular weight is 390 g/mol. The lowest BCUT2D eigenvalue weighted by Gasteiger charge is -2.35. The number of hydrogen-bond acceptors (Lipinski definition) is 5. The van der Waals surface area contributed by atoms with Gasteiger partial charge in [-0.2, -0.15) is 5.10 Å². The van der Waals surface area contributed by atoms with Crippen LogP contribution in [-0.2, 0) is 18.3 Å². The second-order valence-corrected chi connectivity index (χ2v) is 7.01. The second-order valence-electron chi connectivity index (χ2n) is 6.63. The van der Waals surface area contributed by atoms with Gasteiger partial charge >= 0.3 is 0 Å². The van der Waals surface area contributed by atoms with E-state index in [0.717, 1.165) is 12.1 Å². The van der Waals surface area contributed by atoms with Crippen molar-refractivity contribution in [3.63, 3.8) is 0 Å². The van der Waals surface area contributed by atoms with Gasteiger partial charge in [0.25, 0.3) is 5.56 Å². The molecule has 144 valence electrons. The van der Waals surface area contributed by atoms with E-state index in [0.29, 0.717) is 38.4 Å². The van der Waals surface area contributed by atoms with Crippen molar-refractivity contribution in [2.45, 2.75) is 13.3 Å². The fourth-order valence-corrected chi connectivity index (χ4v) is 3.39. The van der Waals surface area contributed by atoms with Crippen LogP contribution in [0.5, 0.6) is 0 Å². The highest BCUT2D eigenvalue weighted by Gasteiger charge is 2.22. The van der Waals surface area contributed by atoms with E-state index >= 15 is 0 Å². The molecule has 0 unspecified atom stereocenters. The molecule has 3 rings (SSSR count). The number of nitrogens with one attached hydrogen (secondary N) is 1. The van der Waals surface area contributed by atoms with Gasteiger partial charge in [0.1, 0.15) is 5.02 Å². The summed E-state index contributed by atoms with van der Waals surface area (Å²) in [6.07, 6.45) is 2.59. The highest BCUT2D eigenvalue weighted by atomic mass is 35.5. The van der Waals surface area contributed by atoms with Gasteiger partial charge < -0.3 is 10.2 Å². The molecule has 1 aliphatic heterocycles. The van der Waals surface area contributed by atoms with Crippen LogP contribution < -0.4 is 15.8 Å². The number of rotatable bonds is 5. The smallest absolute Gasteiger partial charge is 0.287 e. The van der Waals surface area contributed by atoms with Crippen LogP contribution in [0.2, 0.25) is 5.02 Å². The van der Waals surface area contributed by atoms with Crippen molar-refractivity contribution in [1.29, 1.82) is 0 Å². The molecule has 1 aromatic carbocycles. The number of carbonyl (C=O) groups is 1. The van der Waals surface area contributed by atoms with Gasteiger partial charge in [-0.15, -0.1) is 0 Å². The number of piperazine rings is 1. The molecule has 0 atom stereocenters. The SMILES string of the molecule is CCc1ccc(NC(=O)CN2CCN(c3cnn(C)c(=O)c3Cl)CC2)cc1. The summed E-state index contributed by atoms with van der Waals surface area (Å²) in [6, 6.07) is 7.91. The predicted molar refractivity (Wildman–Crippen MR) is 108 cm³/mol. The van der Waals surface area contributed by atoms with Crippen molar-refractivity contribution >= 4 is 28.9 Å². The van der Waals surface area contributed by atoms with E-state index in [4.69, 9.17) is 11.6 Å². The summed E-state index contributed by atoms with van der Waals surface area (Å²) in [7, 11) is 1.57. The van der Waals surface area contributed by atoms with Crippen LogP contribution in [0, 0.1) is 0 Å². The van der Waals surface area contributed by atoms with Crippen LogP contribution in [0.3, 0.4) is 0 Å². The zero-order chi connectivity index (χ0) is 19.4. The van der Waals surface area contributed by atoms with E-state index in [9.17, 15) is 9.59 Å². The standard InChI is InChI=1S/C19H24ClN5O2/c1-3-14-4-6-15(7-5-14)22-17(26)13-24-8-10-25(11-9-24)16-12-21-23(2)19(27)18(16)20/h4-7,12H,3,8-11,13H2,1-2H3,(H,22,26). The first-order valence-electron chi connectivity index (χ1n) is 9.06. The highest BCUT2D eigenvalue weighted by Crippen LogP contribution is 2.22. The maximum absolute atomic E-state index is 12.3. The number of halogens is 1. The van der Waals surface area contributed by atoms with Crippen molar-refractivity contribution in [3.05, 3.63) is 51.4 Å². The minimum absolute atomic E-state index is 0.0269. The normalized spacial score (nSPS) is 15.0. The first-order valence-corrected chi connectivity index (χ1v) is 9.43. The van der Waals surface area contributed by atoms with Crippen LogP contribution in [0.1, 0.15) is 12.5 Å². The zero-order valence-corrected chi connectivity index (χ0v) is 16.4. The molecule has 1 amide bonds. The Morgan fingerprint density at radius 2 is 1.85 bits per heavy atom. The molecule has 1 fully saturated rings. The van der Waals surface area contributed by atoms with Gasteiger partial charge in [-0.05, 0) is 24.1 Å². The molecule has 0 saturated carbocycles. The molecular weight excluding hydrogens is 366 g/mol. The Morgan fingerprint density at radius 3 is 2.48 bits per heavy atom. The van der Waals surface area contributed by atoms with Crippen molar-refractivity contribution in [3.8, 4) is 0 Å². The van der Waals surface area contributed by atoms with Crippen LogP contribution in [0.4, 0.5) is 11.4 Å². The van der Waals surface area contributed by atoms with Crippen molar-refractivity contribution in [1.82, 2.24) is 14.7 Å². The third kappa shape index (κ3) is 4.67. The number of carbonyl (C=O) groups excluding carboxylic acids is 1. The average Bonchev–Trinajstić information content (AvgIpc) is 2.68. The maximum Gasteiger partial charge on any atom is 0.287 e. The van der Waals surface area contributed by atoms with Crippen molar-refractivity contribution < 1.29 is 4.79 Å². The number of aromatic nitrogens is 2. The van der Waals surface area contributed by atoms with Crippen molar-refractivity contribution in [2.75, 3.05) is 42.9 Å². The largest absolute Gasteiger partial charge is 0.366 e. The number of amides is 1. The number of nitrogens with zero attached hydrogens (tertiary/aromatic N) is 4. The fraction of sp³-hybridized carbons (Fsp3) is 0.421. The Hall–Kier alpha value is -2.38. The molecule has 1 N–H and O–H groups in total. The van der Waals surface area contributed by atoms with Gasteiger partial charge in [-0.1, -0.05) is 30.7 Å². The molecule has 8 heteroatoms. The number of hydrogen-bond donors (Lipinski definition) is 1. The van der Waals surface area contributed by atoms with E-state index < -0.39 is 0 Å². The third-order valence-electron chi connectivity index (χ3n) is 4.79. The third-order valence-corrected chi connectivity index (χ3v) is 5.14. The summed E-state index contributed by atoms with van der Waals surface area (Å²) in [5.41, 5.74) is 2.41. The first kappa shape index (κ1) is 19.4. The molecule has 0 radical (unpaired) electrons. The van der Waals surface area contributed by atoms with Gasteiger partial charge in [0, 0.05) is 38.9 Å². The van der Waals surface area contributed by atoms with Gasteiger partial charge in [-0.25, -0.2) is 4.68 Å². The number of anilines is 2. The van der Waals surface area contributed by atoms with E-state index in [1.54, 1.807) is 13.2 Å². The summed E-state index contributed by atoms with van der Waals surface area (Å²) in [5.74, 6) is -0.0269. The number of aryl methyl sites for hydroxylation is 2. The molecule has 1 aliphatic rings. The molecule has 1 saturated heterocycles. The summed E-state index contributed by atoms with van der Waals surface area (Å²) in [4.78, 5) is 28.3. The Morgan fingerprint density at radius 1 is 1.19 bits per heavy atom. The first-order chi connectivity index (χ1) is 13.0. The summed E-state index contributed by atoms with van der Waals surface area (Å²) < 4.78 is 1.22. The topological polar surface area (TPSA) is 70.5 Å². The van der Waals surface area contributed by atoms with Gasteiger partial charge in [-0.3, -0.25) is 14.5 Å². The minimum Gasteiger partial charge on any atom is -0.366 e. The lowest BCUT2D eigenvalue weighted by molar-refractivity contribution is -0.117. The molecule has 2 heterocycles. The Bertz CT molecular complexity index is 857. The highest BCUT2D eigenvalue weighted by molar-refractivity contribution is 6.33. The van der Waals surface area contributed by atoms with Gasteiger partial charge in [0.15, 0.2) is 0 Å². The van der Waals surface area contributed by atoms with E-state index in [-0.39, 0.29) is 16.5 Å². The molecule has 0 bridgehead atoms. The lowest BCUT2D eigenvalue weighted by atomic mass is 10.1. The molecule has 7 nitrogen and oxygen atoms in total. The monoisotopic (exact) mass is 389 g/mol. The minimum atomic E-state index is -0.301. The molecule has 1 aromatic heterocycles. The maximum atomic E-state index is 12.3. The Labute approximate surface area is 163 Å². The summed E-state index contributed by atoms with van der Waals surface area (Å²) in [5, 5.41) is 7.17. The summed E-state index contributed by atoms with van der Waals surface area (Å²) >= 11 is 6.17. The predicted octanol–water partition coefficient (Wildman–Crippen LogP) is 1.76. The van der Waals surface area contributed by atoms with Gasteiger partial charge in [0.2, 0.25) is 5.91 Å². The number of benzene rings is 1. The van der Waals surface area contributed by atoms with Crippen LogP contribution in [-0.4, -0.2) is 53.3 Å². The van der Waals surface area contributed by atoms with Crippen LogP contribution >= 0.6 is 11.6 Å². The van der Waals surface area contributed by atoms with Crippen LogP contribution in [0.25, 0.3) is 0 Å². The van der Waals surface area contributed by atoms with Crippen LogP contribution in [0.15, 0.2) is 35.3 Å². The van der Waals surface area contributed by atoms with Crippen molar-refractivity contribution in [2.24, 2.45) is 7.05 Å². The zero-order valence-electron chi connectivity index (χ0n) is 15.6. The van der Waals surface area contributed by atoms with E-state index in [1.165, 1.54) is 10.2 Å². The molecule has 0 aliphatic carbocycles. The molecular formula is C19H24ClN5O2. The van der Waals surface area contributed by atoms with Gasteiger partial charge in [0.05, 0.1) is 18.4 Å².